The van der Waals surface area contributed by atoms with Gasteiger partial charge in [0.05, 0.1) is 6.54 Å². The summed E-state index contributed by atoms with van der Waals surface area (Å²) in [5.41, 5.74) is 0. The molecule has 0 aliphatic heterocycles. The van der Waals surface area contributed by atoms with Gasteiger partial charge in [0.15, 0.2) is 0 Å². The van der Waals surface area contributed by atoms with Gasteiger partial charge in [-0.25, -0.2) is 9.97 Å². The van der Waals surface area contributed by atoms with E-state index in [-0.39, 0.29) is 12.5 Å². The van der Waals surface area contributed by atoms with Gasteiger partial charge in [-0.15, -0.1) is 0 Å². The molecule has 6 heteroatoms. The average molecular weight is 223 g/mol. The van der Waals surface area contributed by atoms with Crippen molar-refractivity contribution >= 4 is 17.5 Å². The molecule has 88 valence electrons. The lowest BCUT2D eigenvalue weighted by atomic mass is 10.4. The molecule has 2 N–H and O–H groups in total. The molecule has 16 heavy (non-hydrogen) atoms. The fraction of sp³-hybridized carbons (Fsp3) is 0.500. The van der Waals surface area contributed by atoms with Crippen LogP contribution in [-0.4, -0.2) is 48.5 Å². The van der Waals surface area contributed by atoms with E-state index in [2.05, 4.69) is 20.6 Å². The van der Waals surface area contributed by atoms with Crippen molar-refractivity contribution in [2.45, 2.75) is 6.92 Å². The summed E-state index contributed by atoms with van der Waals surface area (Å²) in [6.07, 6.45) is 0. The number of hydrogen-bond donors (Lipinski definition) is 2. The molecule has 0 aromatic carbocycles. The predicted octanol–water partition coefficient (Wildman–Crippen LogP) is 0.327. The molecule has 0 unspecified atom stereocenters. The summed E-state index contributed by atoms with van der Waals surface area (Å²) in [5, 5.41) is 5.89. The maximum absolute atomic E-state index is 11.4. The quantitative estimate of drug-likeness (QED) is 0.769. The van der Waals surface area contributed by atoms with E-state index < -0.39 is 0 Å². The highest BCUT2D eigenvalue weighted by Gasteiger charge is 2.05. The van der Waals surface area contributed by atoms with Crippen LogP contribution in [0, 0.1) is 6.92 Å². The third-order valence-electron chi connectivity index (χ3n) is 2.01. The van der Waals surface area contributed by atoms with Crippen molar-refractivity contribution in [2.24, 2.45) is 0 Å². The number of hydrogen-bond acceptors (Lipinski definition) is 5. The van der Waals surface area contributed by atoms with Crippen molar-refractivity contribution in [3.63, 3.8) is 0 Å². The molecule has 0 aliphatic rings. The van der Waals surface area contributed by atoms with E-state index in [0.717, 1.165) is 5.82 Å². The molecule has 0 spiro atoms. The summed E-state index contributed by atoms with van der Waals surface area (Å²) < 4.78 is 0. The van der Waals surface area contributed by atoms with E-state index in [4.69, 9.17) is 0 Å². The van der Waals surface area contributed by atoms with Gasteiger partial charge < -0.3 is 15.5 Å². The normalized spacial score (nSPS) is 9.75. The molecule has 0 aliphatic carbocycles. The van der Waals surface area contributed by atoms with Gasteiger partial charge >= 0.3 is 0 Å². The van der Waals surface area contributed by atoms with Crippen molar-refractivity contribution in [1.82, 2.24) is 14.9 Å². The van der Waals surface area contributed by atoms with E-state index in [9.17, 15) is 4.79 Å². The molecule has 0 saturated carbocycles. The van der Waals surface area contributed by atoms with E-state index in [1.165, 1.54) is 4.90 Å². The summed E-state index contributed by atoms with van der Waals surface area (Å²) >= 11 is 0. The van der Waals surface area contributed by atoms with Gasteiger partial charge in [0, 0.05) is 27.2 Å². The Kier molecular flexibility index (Phi) is 4.04. The van der Waals surface area contributed by atoms with Crippen LogP contribution in [0.5, 0.6) is 0 Å². The number of nitrogens with one attached hydrogen (secondary N) is 2. The first-order valence-corrected chi connectivity index (χ1v) is 5.00. The zero-order valence-electron chi connectivity index (χ0n) is 10.0. The first-order valence-electron chi connectivity index (χ1n) is 5.00. The Bertz CT molecular complexity index is 377. The van der Waals surface area contributed by atoms with Gasteiger partial charge in [0.2, 0.25) is 5.91 Å². The molecule has 1 rings (SSSR count). The van der Waals surface area contributed by atoms with Crippen molar-refractivity contribution in [3.05, 3.63) is 11.9 Å². The van der Waals surface area contributed by atoms with Crippen molar-refractivity contribution in [3.8, 4) is 0 Å². The van der Waals surface area contributed by atoms with Gasteiger partial charge in [0.25, 0.3) is 0 Å². The standard InChI is InChI=1S/C10H17N5O/c1-7-13-8(11-2)5-9(14-7)12-6-10(16)15(3)4/h5H,6H2,1-4H3,(H2,11,12,13,14). The Morgan fingerprint density at radius 3 is 2.56 bits per heavy atom. The third-order valence-corrected chi connectivity index (χ3v) is 2.01. The molecule has 1 heterocycles. The second-order valence-electron chi connectivity index (χ2n) is 3.58. The van der Waals surface area contributed by atoms with Crippen LogP contribution in [0.2, 0.25) is 0 Å². The summed E-state index contributed by atoms with van der Waals surface area (Å²) in [6.45, 7) is 2.03. The van der Waals surface area contributed by atoms with Crippen LogP contribution in [0.3, 0.4) is 0 Å². The molecule has 1 amide bonds. The molecule has 6 nitrogen and oxygen atoms in total. The van der Waals surface area contributed by atoms with Crippen LogP contribution >= 0.6 is 0 Å². The fourth-order valence-electron chi connectivity index (χ4n) is 1.11. The smallest absolute Gasteiger partial charge is 0.241 e. The second kappa shape index (κ2) is 5.29. The van der Waals surface area contributed by atoms with Gasteiger partial charge in [-0.05, 0) is 6.92 Å². The van der Waals surface area contributed by atoms with Crippen LogP contribution in [0.25, 0.3) is 0 Å². The average Bonchev–Trinajstić information content (AvgIpc) is 2.24. The Morgan fingerprint density at radius 2 is 2.00 bits per heavy atom. The number of aromatic nitrogens is 2. The number of anilines is 2. The van der Waals surface area contributed by atoms with Crippen molar-refractivity contribution < 1.29 is 4.79 Å². The van der Waals surface area contributed by atoms with E-state index in [0.29, 0.717) is 11.6 Å². The predicted molar refractivity (Wildman–Crippen MR) is 63.5 cm³/mol. The monoisotopic (exact) mass is 223 g/mol. The third kappa shape index (κ3) is 3.38. The van der Waals surface area contributed by atoms with Crippen molar-refractivity contribution in [2.75, 3.05) is 38.3 Å². The molecular weight excluding hydrogens is 206 g/mol. The minimum atomic E-state index is 0.00210. The van der Waals surface area contributed by atoms with Crippen LogP contribution in [0.15, 0.2) is 6.07 Å². The number of carbonyl (C=O) groups is 1. The van der Waals surface area contributed by atoms with E-state index >= 15 is 0 Å². The maximum Gasteiger partial charge on any atom is 0.241 e. The second-order valence-corrected chi connectivity index (χ2v) is 3.58. The molecule has 1 aromatic rings. The van der Waals surface area contributed by atoms with E-state index in [1.54, 1.807) is 34.1 Å². The molecule has 0 fully saturated rings. The largest absolute Gasteiger partial charge is 0.373 e. The van der Waals surface area contributed by atoms with Gasteiger partial charge in [-0.2, -0.15) is 0 Å². The Balaban J connectivity index is 2.67. The van der Waals surface area contributed by atoms with Crippen LogP contribution < -0.4 is 10.6 Å². The van der Waals surface area contributed by atoms with Crippen LogP contribution in [0.1, 0.15) is 5.82 Å². The minimum Gasteiger partial charge on any atom is -0.373 e. The highest BCUT2D eigenvalue weighted by molar-refractivity contribution is 5.80. The van der Waals surface area contributed by atoms with Crippen LogP contribution in [0.4, 0.5) is 11.6 Å². The first-order chi connectivity index (χ1) is 7.52. The van der Waals surface area contributed by atoms with Gasteiger partial charge in [0.1, 0.15) is 17.5 Å². The highest BCUT2D eigenvalue weighted by atomic mass is 16.2. The minimum absolute atomic E-state index is 0.00210. The lowest BCUT2D eigenvalue weighted by Gasteiger charge is -2.12. The topological polar surface area (TPSA) is 70.2 Å². The molecule has 0 atom stereocenters. The zero-order chi connectivity index (χ0) is 12.1. The number of nitrogens with zero attached hydrogens (tertiary/aromatic N) is 3. The Morgan fingerprint density at radius 1 is 1.38 bits per heavy atom. The van der Waals surface area contributed by atoms with Gasteiger partial charge in [-0.3, -0.25) is 4.79 Å². The number of aryl methyl sites for hydroxylation is 1. The summed E-state index contributed by atoms with van der Waals surface area (Å²) in [6, 6.07) is 1.76. The zero-order valence-corrected chi connectivity index (χ0v) is 10.0. The summed E-state index contributed by atoms with van der Waals surface area (Å²) in [5.74, 6) is 2.04. The molecule has 0 bridgehead atoms. The summed E-state index contributed by atoms with van der Waals surface area (Å²) in [7, 11) is 5.22. The first kappa shape index (κ1) is 12.2. The fourth-order valence-corrected chi connectivity index (χ4v) is 1.11. The molecular formula is C10H17N5O. The van der Waals surface area contributed by atoms with E-state index in [1.807, 2.05) is 0 Å². The SMILES string of the molecule is CNc1cc(NCC(=O)N(C)C)nc(C)n1. The Hall–Kier alpha value is -1.85. The van der Waals surface area contributed by atoms with Gasteiger partial charge in [-0.1, -0.05) is 0 Å². The van der Waals surface area contributed by atoms with Crippen molar-refractivity contribution in [1.29, 1.82) is 0 Å². The number of rotatable bonds is 4. The number of carbonyl (C=O) groups excluding carboxylic acids is 1. The Labute approximate surface area is 95.1 Å². The highest BCUT2D eigenvalue weighted by Crippen LogP contribution is 2.09. The number of amides is 1. The molecule has 0 radical (unpaired) electrons. The number of likely N-dealkylation sites (N-methyl/N-ethyl adjacent to an activating group) is 1. The molecule has 0 saturated heterocycles. The summed E-state index contributed by atoms with van der Waals surface area (Å²) in [4.78, 5) is 21.2. The lowest BCUT2D eigenvalue weighted by Crippen LogP contribution is -2.28. The maximum atomic E-state index is 11.4. The van der Waals surface area contributed by atoms with Crippen LogP contribution in [-0.2, 0) is 4.79 Å². The molecule has 1 aromatic heterocycles. The lowest BCUT2D eigenvalue weighted by molar-refractivity contribution is -0.126.